The second-order valence-corrected chi connectivity index (χ2v) is 8.46. The molecule has 1 atom stereocenters. The third kappa shape index (κ3) is 4.62. The molecule has 3 aromatic carbocycles. The first-order chi connectivity index (χ1) is 17.7. The maximum absolute atomic E-state index is 10.0. The minimum atomic E-state index is -0.469. The molecule has 0 aliphatic carbocycles. The number of fused-ring (bicyclic) bond motifs is 1. The largest absolute Gasteiger partial charge is 0.494 e. The Morgan fingerprint density at radius 3 is 2.56 bits per heavy atom. The second kappa shape index (κ2) is 10.3. The molecule has 0 fully saturated rings. The summed E-state index contributed by atoms with van der Waals surface area (Å²) >= 11 is 0. The van der Waals surface area contributed by atoms with Gasteiger partial charge >= 0.3 is 0 Å². The molecule has 1 aliphatic heterocycles. The summed E-state index contributed by atoms with van der Waals surface area (Å²) in [5, 5.41) is 17.5. The normalized spacial score (nSPS) is 14.5. The third-order valence-corrected chi connectivity index (χ3v) is 5.99. The molecule has 2 heterocycles. The number of nitrogens with one attached hydrogen (secondary N) is 1. The number of nitrogens with zero attached hydrogens (tertiary/aromatic N) is 2. The van der Waals surface area contributed by atoms with Crippen molar-refractivity contribution >= 4 is 0 Å². The highest BCUT2D eigenvalue weighted by Crippen LogP contribution is 2.46. The number of nitriles is 1. The van der Waals surface area contributed by atoms with Crippen molar-refractivity contribution in [3.63, 3.8) is 0 Å². The van der Waals surface area contributed by atoms with Gasteiger partial charge in [0.1, 0.15) is 29.7 Å². The lowest BCUT2D eigenvalue weighted by Crippen LogP contribution is -2.21. The van der Waals surface area contributed by atoms with Crippen molar-refractivity contribution in [3.8, 4) is 34.7 Å². The Bertz CT molecular complexity index is 1420. The predicted molar refractivity (Wildman–Crippen MR) is 136 cm³/mol. The van der Waals surface area contributed by atoms with E-state index in [1.165, 1.54) is 0 Å². The summed E-state index contributed by atoms with van der Waals surface area (Å²) in [6.45, 7) is 3.17. The number of allylic oxidation sites excluding steroid dienone is 1. The van der Waals surface area contributed by atoms with Crippen LogP contribution in [0, 0.1) is 11.3 Å². The molecule has 0 saturated heterocycles. The summed E-state index contributed by atoms with van der Waals surface area (Å²) in [5.74, 6) is 1.43. The molecule has 5 rings (SSSR count). The van der Waals surface area contributed by atoms with Gasteiger partial charge in [0, 0.05) is 5.56 Å². The van der Waals surface area contributed by atoms with Gasteiger partial charge in [-0.3, -0.25) is 5.10 Å². The number of benzene rings is 3. The number of hydrogen-bond acceptors (Lipinski definition) is 6. The van der Waals surface area contributed by atoms with Crippen LogP contribution in [0.3, 0.4) is 0 Å². The van der Waals surface area contributed by atoms with Crippen LogP contribution in [0.5, 0.6) is 17.4 Å². The lowest BCUT2D eigenvalue weighted by atomic mass is 9.83. The van der Waals surface area contributed by atoms with Crippen LogP contribution in [0.2, 0.25) is 0 Å². The SMILES string of the molecule is CCCOc1ccc(-c2[nH]nc3c2C(c2cccc(OCc4ccccc4)c2)C(C#N)=C(N)O3)cc1. The van der Waals surface area contributed by atoms with Crippen LogP contribution in [-0.2, 0) is 6.61 Å². The number of ether oxygens (including phenoxy) is 3. The average molecular weight is 479 g/mol. The van der Waals surface area contributed by atoms with Gasteiger partial charge in [-0.05, 0) is 53.9 Å². The first-order valence-electron chi connectivity index (χ1n) is 11.8. The highest BCUT2D eigenvalue weighted by Gasteiger charge is 2.35. The first-order valence-corrected chi connectivity index (χ1v) is 11.8. The van der Waals surface area contributed by atoms with E-state index in [9.17, 15) is 5.26 Å². The lowest BCUT2D eigenvalue weighted by Gasteiger charge is -2.24. The van der Waals surface area contributed by atoms with Crippen LogP contribution in [0.25, 0.3) is 11.3 Å². The molecule has 0 spiro atoms. The van der Waals surface area contributed by atoms with Crippen LogP contribution in [-0.4, -0.2) is 16.8 Å². The fourth-order valence-corrected chi connectivity index (χ4v) is 4.26. The molecule has 1 unspecified atom stereocenters. The quantitative estimate of drug-likeness (QED) is 0.338. The summed E-state index contributed by atoms with van der Waals surface area (Å²) in [6, 6.07) is 27.7. The van der Waals surface area contributed by atoms with E-state index in [2.05, 4.69) is 23.2 Å². The van der Waals surface area contributed by atoms with Crippen molar-refractivity contribution in [1.29, 1.82) is 5.26 Å². The van der Waals surface area contributed by atoms with Gasteiger partial charge in [0.15, 0.2) is 0 Å². The van der Waals surface area contributed by atoms with Gasteiger partial charge in [0.25, 0.3) is 0 Å². The standard InChI is InChI=1S/C29H26N4O3/c1-2-15-34-22-13-11-20(12-14-22)27-26-25(24(17-30)28(31)36-29(26)33-32-27)21-9-6-10-23(16-21)35-18-19-7-4-3-5-8-19/h3-14,16,25H,2,15,18,31H2,1H3,(H,32,33). The fourth-order valence-electron chi connectivity index (χ4n) is 4.26. The second-order valence-electron chi connectivity index (χ2n) is 8.46. The lowest BCUT2D eigenvalue weighted by molar-refractivity contribution is 0.306. The van der Waals surface area contributed by atoms with Crippen LogP contribution >= 0.6 is 0 Å². The molecular weight excluding hydrogens is 452 g/mol. The fraction of sp³-hybridized carbons (Fsp3) is 0.172. The van der Waals surface area contributed by atoms with Crippen LogP contribution < -0.4 is 19.9 Å². The van der Waals surface area contributed by atoms with Gasteiger partial charge in [0.2, 0.25) is 11.8 Å². The molecule has 0 radical (unpaired) electrons. The molecule has 0 saturated carbocycles. The minimum absolute atomic E-state index is 0.0481. The summed E-state index contributed by atoms with van der Waals surface area (Å²) in [7, 11) is 0. The van der Waals surface area contributed by atoms with Crippen LogP contribution in [0.4, 0.5) is 0 Å². The Kier molecular flexibility index (Phi) is 6.59. The van der Waals surface area contributed by atoms with Gasteiger partial charge in [-0.25, -0.2) is 0 Å². The topological polar surface area (TPSA) is 106 Å². The third-order valence-electron chi connectivity index (χ3n) is 5.99. The molecule has 36 heavy (non-hydrogen) atoms. The zero-order chi connectivity index (χ0) is 24.9. The predicted octanol–water partition coefficient (Wildman–Crippen LogP) is 5.66. The van der Waals surface area contributed by atoms with E-state index < -0.39 is 5.92 Å². The van der Waals surface area contributed by atoms with Gasteiger partial charge in [0.05, 0.1) is 23.8 Å². The summed E-state index contributed by atoms with van der Waals surface area (Å²) in [6.07, 6.45) is 0.938. The van der Waals surface area contributed by atoms with Crippen LogP contribution in [0.1, 0.15) is 36.0 Å². The molecule has 7 heteroatoms. The number of H-pyrrole nitrogens is 1. The molecule has 180 valence electrons. The number of aromatic nitrogens is 2. The van der Waals surface area contributed by atoms with Gasteiger partial charge in [-0.1, -0.05) is 49.4 Å². The van der Waals surface area contributed by atoms with Gasteiger partial charge in [-0.15, -0.1) is 5.10 Å². The monoisotopic (exact) mass is 478 g/mol. The Morgan fingerprint density at radius 2 is 1.81 bits per heavy atom. The van der Waals surface area contributed by atoms with Crippen molar-refractivity contribution in [2.75, 3.05) is 6.61 Å². The van der Waals surface area contributed by atoms with E-state index in [1.807, 2.05) is 78.9 Å². The van der Waals surface area contributed by atoms with Crippen molar-refractivity contribution in [2.45, 2.75) is 25.9 Å². The molecular formula is C29H26N4O3. The maximum Gasteiger partial charge on any atom is 0.244 e. The number of aromatic amines is 1. The van der Waals surface area contributed by atoms with Crippen molar-refractivity contribution in [2.24, 2.45) is 5.73 Å². The van der Waals surface area contributed by atoms with E-state index in [0.717, 1.165) is 40.1 Å². The Morgan fingerprint density at radius 1 is 1.00 bits per heavy atom. The smallest absolute Gasteiger partial charge is 0.244 e. The van der Waals surface area contributed by atoms with Crippen molar-refractivity contribution in [3.05, 3.63) is 107 Å². The number of nitrogens with two attached hydrogens (primary N) is 1. The molecule has 3 N–H and O–H groups in total. The Balaban J connectivity index is 1.51. The Labute approximate surface area is 209 Å². The maximum atomic E-state index is 10.0. The van der Waals surface area contributed by atoms with E-state index >= 15 is 0 Å². The molecule has 1 aromatic heterocycles. The molecule has 0 amide bonds. The van der Waals surface area contributed by atoms with Gasteiger partial charge in [-0.2, -0.15) is 5.26 Å². The van der Waals surface area contributed by atoms with Crippen LogP contribution in [0.15, 0.2) is 90.3 Å². The summed E-state index contributed by atoms with van der Waals surface area (Å²) in [5.41, 5.74) is 10.8. The van der Waals surface area contributed by atoms with Gasteiger partial charge < -0.3 is 19.9 Å². The number of hydrogen-bond donors (Lipinski definition) is 2. The van der Waals surface area contributed by atoms with E-state index in [4.69, 9.17) is 19.9 Å². The number of rotatable bonds is 8. The van der Waals surface area contributed by atoms with Crippen molar-refractivity contribution in [1.82, 2.24) is 10.2 Å². The van der Waals surface area contributed by atoms with E-state index in [0.29, 0.717) is 30.4 Å². The highest BCUT2D eigenvalue weighted by molar-refractivity contribution is 5.71. The molecule has 0 bridgehead atoms. The highest BCUT2D eigenvalue weighted by atomic mass is 16.5. The molecule has 4 aromatic rings. The summed E-state index contributed by atoms with van der Waals surface area (Å²) < 4.78 is 17.5. The van der Waals surface area contributed by atoms with Crippen molar-refractivity contribution < 1.29 is 14.2 Å². The van der Waals surface area contributed by atoms with E-state index in [-0.39, 0.29) is 5.88 Å². The average Bonchev–Trinajstić information content (AvgIpc) is 3.34. The molecule has 7 nitrogen and oxygen atoms in total. The summed E-state index contributed by atoms with van der Waals surface area (Å²) in [4.78, 5) is 0. The molecule has 1 aliphatic rings. The Hall–Kier alpha value is -4.70. The minimum Gasteiger partial charge on any atom is -0.494 e. The zero-order valence-corrected chi connectivity index (χ0v) is 19.9. The van der Waals surface area contributed by atoms with E-state index in [1.54, 1.807) is 0 Å². The first kappa shape index (κ1) is 23.1. The zero-order valence-electron chi connectivity index (χ0n) is 19.9.